The number of hydrogen-bond donors (Lipinski definition) is 1. The van der Waals surface area contributed by atoms with Crippen molar-refractivity contribution in [2.45, 2.75) is 26.1 Å². The van der Waals surface area contributed by atoms with Crippen molar-refractivity contribution in [3.63, 3.8) is 0 Å². The van der Waals surface area contributed by atoms with Gasteiger partial charge in [0.15, 0.2) is 0 Å². The minimum atomic E-state index is -0.0856. The summed E-state index contributed by atoms with van der Waals surface area (Å²) in [6.45, 7) is 4.35. The Morgan fingerprint density at radius 3 is 2.27 bits per heavy atom. The fraction of sp³-hybridized carbons (Fsp3) is 1.00. The van der Waals surface area contributed by atoms with Crippen LogP contribution in [0.15, 0.2) is 0 Å². The number of aliphatic hydroxyl groups is 1. The van der Waals surface area contributed by atoms with Gasteiger partial charge in [0.1, 0.15) is 0 Å². The second-order valence-corrected chi connectivity index (χ2v) is 2.37. The van der Waals surface area contributed by atoms with Crippen molar-refractivity contribution in [3.05, 3.63) is 0 Å². The topological polar surface area (TPSA) is 38.7 Å². The second-order valence-electron chi connectivity index (χ2n) is 2.37. The number of methoxy groups -OCH3 is 1. The van der Waals surface area contributed by atoms with Crippen LogP contribution in [0.1, 0.15) is 16.7 Å². The first kappa shape index (κ1) is 14.2. The van der Waals surface area contributed by atoms with Crippen LogP contribution in [-0.4, -0.2) is 60.7 Å². The zero-order valence-electron chi connectivity index (χ0n) is 9.54. The summed E-state index contributed by atoms with van der Waals surface area (Å²) >= 11 is 0. The predicted molar refractivity (Wildman–Crippen MR) is 46.9 cm³/mol. The number of aliphatic hydroxyl groups excluding tert-OH is 1. The van der Waals surface area contributed by atoms with Gasteiger partial charge in [0, 0.05) is 7.11 Å². The summed E-state index contributed by atoms with van der Waals surface area (Å²) in [6, 6.07) is 0. The maximum atomic E-state index is 8.55. The van der Waals surface area contributed by atoms with Crippen molar-refractivity contribution in [3.8, 4) is 0 Å². The van der Waals surface area contributed by atoms with E-state index in [2.05, 4.69) is 0 Å². The smallest absolute Gasteiger partial charge is 1.00 e. The molecule has 0 aromatic rings. The molecular formula is C7H18MgO3. The SMILES string of the molecule is COC(C)COC(C)CO.[H-].[H-].[Mg+2]. The second kappa shape index (κ2) is 8.74. The van der Waals surface area contributed by atoms with Crippen LogP contribution in [-0.2, 0) is 9.47 Å². The van der Waals surface area contributed by atoms with Gasteiger partial charge >= 0.3 is 23.1 Å². The van der Waals surface area contributed by atoms with E-state index in [9.17, 15) is 0 Å². The van der Waals surface area contributed by atoms with Gasteiger partial charge in [0.25, 0.3) is 0 Å². The van der Waals surface area contributed by atoms with E-state index >= 15 is 0 Å². The van der Waals surface area contributed by atoms with Gasteiger partial charge in [-0.3, -0.25) is 0 Å². The number of ether oxygens (including phenoxy) is 2. The molecule has 0 saturated carbocycles. The first-order valence-electron chi connectivity index (χ1n) is 3.46. The van der Waals surface area contributed by atoms with Crippen LogP contribution < -0.4 is 0 Å². The zero-order valence-corrected chi connectivity index (χ0v) is 8.95. The summed E-state index contributed by atoms with van der Waals surface area (Å²) in [5.74, 6) is 0. The summed E-state index contributed by atoms with van der Waals surface area (Å²) in [5.41, 5.74) is 0. The molecule has 2 atom stereocenters. The molecule has 2 unspecified atom stereocenters. The molecule has 0 aromatic heterocycles. The quantitative estimate of drug-likeness (QED) is 0.608. The molecule has 0 aromatic carbocycles. The summed E-state index contributed by atoms with van der Waals surface area (Å²) in [6.07, 6.45) is 0.0200. The molecule has 3 nitrogen and oxygen atoms in total. The Labute approximate surface area is 87.2 Å². The molecule has 0 fully saturated rings. The fourth-order valence-corrected chi connectivity index (χ4v) is 0.421. The molecule has 0 heterocycles. The van der Waals surface area contributed by atoms with Gasteiger partial charge in [0.2, 0.25) is 0 Å². The van der Waals surface area contributed by atoms with Gasteiger partial charge in [-0.05, 0) is 13.8 Å². The van der Waals surface area contributed by atoms with E-state index in [1.54, 1.807) is 7.11 Å². The molecular weight excluding hydrogens is 156 g/mol. The maximum absolute atomic E-state index is 8.55. The molecule has 0 bridgehead atoms. The van der Waals surface area contributed by atoms with Crippen LogP contribution >= 0.6 is 0 Å². The van der Waals surface area contributed by atoms with Gasteiger partial charge in [-0.1, -0.05) is 0 Å². The number of rotatable bonds is 5. The van der Waals surface area contributed by atoms with Crippen molar-refractivity contribution in [2.75, 3.05) is 20.3 Å². The minimum Gasteiger partial charge on any atom is -1.00 e. The Morgan fingerprint density at radius 1 is 1.36 bits per heavy atom. The molecule has 0 spiro atoms. The molecule has 0 saturated heterocycles. The van der Waals surface area contributed by atoms with Crippen LogP contribution in [0.3, 0.4) is 0 Å². The maximum Gasteiger partial charge on any atom is 2.00 e. The molecule has 66 valence electrons. The number of hydrogen-bond acceptors (Lipinski definition) is 3. The third-order valence-corrected chi connectivity index (χ3v) is 1.27. The third kappa shape index (κ3) is 8.55. The van der Waals surface area contributed by atoms with Crippen molar-refractivity contribution in [1.29, 1.82) is 0 Å². The molecule has 0 aliphatic rings. The third-order valence-electron chi connectivity index (χ3n) is 1.27. The van der Waals surface area contributed by atoms with Gasteiger partial charge in [-0.25, -0.2) is 0 Å². The van der Waals surface area contributed by atoms with E-state index in [1.165, 1.54) is 0 Å². The standard InChI is InChI=1S/C7H16O3.Mg.2H/c1-6(4-8)10-5-7(2)9-3;;;/h6-8H,4-5H2,1-3H3;;;/q;+2;2*-1. The Morgan fingerprint density at radius 2 is 1.91 bits per heavy atom. The minimum absolute atomic E-state index is 0. The molecule has 0 amide bonds. The Kier molecular flexibility index (Phi) is 11.3. The van der Waals surface area contributed by atoms with Crippen molar-refractivity contribution < 1.29 is 17.4 Å². The first-order valence-corrected chi connectivity index (χ1v) is 3.46. The molecule has 0 radical (unpaired) electrons. The molecule has 1 N–H and O–H groups in total. The van der Waals surface area contributed by atoms with Crippen LogP contribution in [0.5, 0.6) is 0 Å². The molecule has 4 heteroatoms. The Bertz CT molecular complexity index is 78.1. The van der Waals surface area contributed by atoms with E-state index < -0.39 is 0 Å². The Balaban J connectivity index is -0.000000135. The van der Waals surface area contributed by atoms with Gasteiger partial charge < -0.3 is 17.4 Å². The molecule has 0 aliphatic heterocycles. The average molecular weight is 175 g/mol. The van der Waals surface area contributed by atoms with Crippen LogP contribution in [0, 0.1) is 0 Å². The monoisotopic (exact) mass is 174 g/mol. The zero-order chi connectivity index (χ0) is 7.98. The van der Waals surface area contributed by atoms with Gasteiger partial charge in [-0.2, -0.15) is 0 Å². The van der Waals surface area contributed by atoms with E-state index in [4.69, 9.17) is 14.6 Å². The van der Waals surface area contributed by atoms with E-state index in [-0.39, 0.29) is 44.7 Å². The van der Waals surface area contributed by atoms with Crippen molar-refractivity contribution >= 4 is 23.1 Å². The van der Waals surface area contributed by atoms with E-state index in [0.717, 1.165) is 0 Å². The molecule has 0 aliphatic carbocycles. The van der Waals surface area contributed by atoms with Crippen molar-refractivity contribution in [1.82, 2.24) is 0 Å². The van der Waals surface area contributed by atoms with Crippen LogP contribution in [0.4, 0.5) is 0 Å². The summed E-state index contributed by atoms with van der Waals surface area (Å²) in [4.78, 5) is 0. The molecule has 0 rings (SSSR count). The molecule has 11 heavy (non-hydrogen) atoms. The van der Waals surface area contributed by atoms with Crippen LogP contribution in [0.2, 0.25) is 0 Å². The fourth-order valence-electron chi connectivity index (χ4n) is 0.421. The summed E-state index contributed by atoms with van der Waals surface area (Å²) in [7, 11) is 1.64. The predicted octanol–water partition coefficient (Wildman–Crippen LogP) is 0.263. The van der Waals surface area contributed by atoms with Gasteiger partial charge in [-0.15, -0.1) is 0 Å². The van der Waals surface area contributed by atoms with Crippen molar-refractivity contribution in [2.24, 2.45) is 0 Å². The van der Waals surface area contributed by atoms with E-state index in [0.29, 0.717) is 6.61 Å². The largest absolute Gasteiger partial charge is 2.00 e. The normalized spacial score (nSPS) is 15.3. The first-order chi connectivity index (χ1) is 4.70. The summed E-state index contributed by atoms with van der Waals surface area (Å²) in [5, 5.41) is 8.55. The summed E-state index contributed by atoms with van der Waals surface area (Å²) < 4.78 is 10.1. The van der Waals surface area contributed by atoms with Gasteiger partial charge in [0.05, 0.1) is 25.4 Å². The average Bonchev–Trinajstić information content (AvgIpc) is 1.99. The van der Waals surface area contributed by atoms with E-state index in [1.807, 2.05) is 13.8 Å². The van der Waals surface area contributed by atoms with Crippen LogP contribution in [0.25, 0.3) is 0 Å². The Hall–Kier alpha value is 0.646.